The van der Waals surface area contributed by atoms with Crippen LogP contribution in [0.25, 0.3) is 0 Å². The summed E-state index contributed by atoms with van der Waals surface area (Å²) < 4.78 is 0. The Kier molecular flexibility index (Phi) is 5.29. The third-order valence-corrected chi connectivity index (χ3v) is 5.85. The Hall–Kier alpha value is -2.88. The SMILES string of the molecule is Cc1ccc(NC(=O)C2CC=CCC2C(=O)N2CCc3ccccc3C2)cc1. The summed E-state index contributed by atoms with van der Waals surface area (Å²) in [7, 11) is 0. The monoisotopic (exact) mass is 374 g/mol. The number of hydrogen-bond donors (Lipinski definition) is 1. The molecule has 0 radical (unpaired) electrons. The van der Waals surface area contributed by atoms with Gasteiger partial charge >= 0.3 is 0 Å². The number of benzene rings is 2. The first kappa shape index (κ1) is 18.5. The van der Waals surface area contributed by atoms with Crippen molar-refractivity contribution >= 4 is 17.5 Å². The molecule has 0 saturated heterocycles. The summed E-state index contributed by atoms with van der Waals surface area (Å²) >= 11 is 0. The van der Waals surface area contributed by atoms with Gasteiger partial charge < -0.3 is 10.2 Å². The molecular formula is C24H26N2O2. The minimum Gasteiger partial charge on any atom is -0.338 e. The molecule has 28 heavy (non-hydrogen) atoms. The van der Waals surface area contributed by atoms with Crippen LogP contribution in [0, 0.1) is 18.8 Å². The van der Waals surface area contributed by atoms with E-state index in [0.717, 1.165) is 24.2 Å². The number of amides is 2. The van der Waals surface area contributed by atoms with E-state index in [9.17, 15) is 9.59 Å². The maximum atomic E-state index is 13.3. The highest BCUT2D eigenvalue weighted by atomic mass is 16.2. The van der Waals surface area contributed by atoms with Crippen LogP contribution in [0.5, 0.6) is 0 Å². The fourth-order valence-electron chi connectivity index (χ4n) is 4.17. The molecule has 2 aromatic carbocycles. The number of anilines is 1. The summed E-state index contributed by atoms with van der Waals surface area (Å²) in [5.74, 6) is -0.580. The Morgan fingerprint density at radius 2 is 1.61 bits per heavy atom. The van der Waals surface area contributed by atoms with Crippen molar-refractivity contribution in [3.63, 3.8) is 0 Å². The molecule has 0 fully saturated rings. The van der Waals surface area contributed by atoms with Gasteiger partial charge in [-0.15, -0.1) is 0 Å². The van der Waals surface area contributed by atoms with E-state index in [-0.39, 0.29) is 23.7 Å². The van der Waals surface area contributed by atoms with Crippen molar-refractivity contribution in [3.05, 3.63) is 77.4 Å². The lowest BCUT2D eigenvalue weighted by Gasteiger charge is -2.35. The van der Waals surface area contributed by atoms with Gasteiger partial charge in [-0.1, -0.05) is 54.1 Å². The van der Waals surface area contributed by atoms with Gasteiger partial charge in [0.25, 0.3) is 0 Å². The summed E-state index contributed by atoms with van der Waals surface area (Å²) in [5, 5.41) is 3.00. The molecule has 0 bridgehead atoms. The number of allylic oxidation sites excluding steroid dienone is 2. The fourth-order valence-corrected chi connectivity index (χ4v) is 4.17. The smallest absolute Gasteiger partial charge is 0.228 e. The average molecular weight is 374 g/mol. The van der Waals surface area contributed by atoms with E-state index in [1.807, 2.05) is 60.4 Å². The first-order valence-electron chi connectivity index (χ1n) is 10.00. The highest BCUT2D eigenvalue weighted by molar-refractivity contribution is 5.96. The van der Waals surface area contributed by atoms with E-state index in [2.05, 4.69) is 17.4 Å². The van der Waals surface area contributed by atoms with Gasteiger partial charge in [-0.3, -0.25) is 9.59 Å². The van der Waals surface area contributed by atoms with Crippen LogP contribution >= 0.6 is 0 Å². The molecule has 2 aromatic rings. The molecule has 4 rings (SSSR count). The lowest BCUT2D eigenvalue weighted by atomic mass is 9.81. The van der Waals surface area contributed by atoms with Crippen molar-refractivity contribution < 1.29 is 9.59 Å². The largest absolute Gasteiger partial charge is 0.338 e. The predicted octanol–water partition coefficient (Wildman–Crippen LogP) is 4.10. The van der Waals surface area contributed by atoms with E-state index < -0.39 is 0 Å². The Labute approximate surface area is 166 Å². The van der Waals surface area contributed by atoms with Crippen LogP contribution in [0.1, 0.15) is 29.5 Å². The maximum Gasteiger partial charge on any atom is 0.228 e. The van der Waals surface area contributed by atoms with Crippen molar-refractivity contribution in [1.29, 1.82) is 0 Å². The van der Waals surface area contributed by atoms with Crippen molar-refractivity contribution in [2.45, 2.75) is 32.7 Å². The second-order valence-corrected chi connectivity index (χ2v) is 7.79. The van der Waals surface area contributed by atoms with Gasteiger partial charge in [-0.2, -0.15) is 0 Å². The second-order valence-electron chi connectivity index (χ2n) is 7.79. The molecule has 2 unspecified atom stereocenters. The van der Waals surface area contributed by atoms with Gasteiger partial charge in [0.1, 0.15) is 0 Å². The highest BCUT2D eigenvalue weighted by Gasteiger charge is 2.37. The van der Waals surface area contributed by atoms with Gasteiger partial charge in [0.05, 0.1) is 11.8 Å². The first-order chi connectivity index (χ1) is 13.6. The van der Waals surface area contributed by atoms with E-state index in [1.54, 1.807) is 0 Å². The third-order valence-electron chi connectivity index (χ3n) is 5.85. The number of carbonyl (C=O) groups is 2. The Bertz CT molecular complexity index is 901. The number of fused-ring (bicyclic) bond motifs is 1. The van der Waals surface area contributed by atoms with E-state index in [1.165, 1.54) is 11.1 Å². The molecule has 1 N–H and O–H groups in total. The van der Waals surface area contributed by atoms with E-state index in [4.69, 9.17) is 0 Å². The molecule has 1 aliphatic carbocycles. The van der Waals surface area contributed by atoms with Crippen LogP contribution in [0.3, 0.4) is 0 Å². The molecule has 0 aromatic heterocycles. The van der Waals surface area contributed by atoms with E-state index in [0.29, 0.717) is 19.4 Å². The molecule has 2 amide bonds. The minimum atomic E-state index is -0.323. The number of hydrogen-bond acceptors (Lipinski definition) is 2. The van der Waals surface area contributed by atoms with Gasteiger partial charge in [0.15, 0.2) is 0 Å². The van der Waals surface area contributed by atoms with Crippen LogP contribution in [0.4, 0.5) is 5.69 Å². The van der Waals surface area contributed by atoms with Gasteiger partial charge in [0, 0.05) is 18.8 Å². The predicted molar refractivity (Wildman–Crippen MR) is 111 cm³/mol. The fraction of sp³-hybridized carbons (Fsp3) is 0.333. The maximum absolute atomic E-state index is 13.3. The van der Waals surface area contributed by atoms with Crippen molar-refractivity contribution in [2.75, 3.05) is 11.9 Å². The number of rotatable bonds is 3. The lowest BCUT2D eigenvalue weighted by molar-refractivity contribution is -0.141. The molecular weight excluding hydrogens is 348 g/mol. The molecule has 144 valence electrons. The Morgan fingerprint density at radius 3 is 2.36 bits per heavy atom. The number of nitrogens with zero attached hydrogens (tertiary/aromatic N) is 1. The molecule has 4 heteroatoms. The highest BCUT2D eigenvalue weighted by Crippen LogP contribution is 2.30. The topological polar surface area (TPSA) is 49.4 Å². The zero-order chi connectivity index (χ0) is 19.5. The summed E-state index contributed by atoms with van der Waals surface area (Å²) in [5.41, 5.74) is 4.47. The second kappa shape index (κ2) is 8.01. The molecule has 2 atom stereocenters. The summed E-state index contributed by atoms with van der Waals surface area (Å²) in [4.78, 5) is 28.1. The number of carbonyl (C=O) groups excluding carboxylic acids is 2. The van der Waals surface area contributed by atoms with Crippen LogP contribution in [0.15, 0.2) is 60.7 Å². The molecule has 2 aliphatic rings. The summed E-state index contributed by atoms with van der Waals surface area (Å²) in [6.45, 7) is 3.38. The lowest BCUT2D eigenvalue weighted by Crippen LogP contribution is -2.44. The quantitative estimate of drug-likeness (QED) is 0.823. The van der Waals surface area contributed by atoms with E-state index >= 15 is 0 Å². The molecule has 4 nitrogen and oxygen atoms in total. The van der Waals surface area contributed by atoms with Crippen LogP contribution in [-0.2, 0) is 22.6 Å². The zero-order valence-corrected chi connectivity index (χ0v) is 16.2. The third kappa shape index (κ3) is 3.86. The summed E-state index contributed by atoms with van der Waals surface area (Å²) in [6, 6.07) is 16.1. The Morgan fingerprint density at radius 1 is 0.929 bits per heavy atom. The molecule has 1 heterocycles. The normalized spacial score (nSPS) is 21.1. The molecule has 1 aliphatic heterocycles. The summed E-state index contributed by atoms with van der Waals surface area (Å²) in [6.07, 6.45) is 6.18. The van der Waals surface area contributed by atoms with Crippen LogP contribution < -0.4 is 5.32 Å². The molecule has 0 saturated carbocycles. The molecule has 0 spiro atoms. The Balaban J connectivity index is 1.47. The minimum absolute atomic E-state index is 0.0658. The van der Waals surface area contributed by atoms with Gasteiger partial charge in [0.2, 0.25) is 11.8 Å². The number of aryl methyl sites for hydroxylation is 1. The average Bonchev–Trinajstić information content (AvgIpc) is 2.74. The van der Waals surface area contributed by atoms with Crippen LogP contribution in [0.2, 0.25) is 0 Å². The zero-order valence-electron chi connectivity index (χ0n) is 16.2. The van der Waals surface area contributed by atoms with Crippen LogP contribution in [-0.4, -0.2) is 23.3 Å². The first-order valence-corrected chi connectivity index (χ1v) is 10.00. The van der Waals surface area contributed by atoms with Crippen molar-refractivity contribution in [2.24, 2.45) is 11.8 Å². The standard InChI is InChI=1S/C24H26N2O2/c1-17-10-12-20(13-11-17)25-23(27)21-8-4-5-9-22(21)24(28)26-15-14-18-6-2-3-7-19(18)16-26/h2-7,10-13,21-22H,8-9,14-16H2,1H3,(H,25,27). The van der Waals surface area contributed by atoms with Crippen molar-refractivity contribution in [1.82, 2.24) is 4.90 Å². The number of nitrogens with one attached hydrogen (secondary N) is 1. The van der Waals surface area contributed by atoms with Crippen molar-refractivity contribution in [3.8, 4) is 0 Å². The van der Waals surface area contributed by atoms with Gasteiger partial charge in [-0.05, 0) is 49.4 Å². The van der Waals surface area contributed by atoms with Gasteiger partial charge in [-0.25, -0.2) is 0 Å².